The maximum Gasteiger partial charge on any atom is 0.274 e. The lowest BCUT2D eigenvalue weighted by molar-refractivity contribution is -0.132. The molecule has 0 aliphatic carbocycles. The summed E-state index contributed by atoms with van der Waals surface area (Å²) < 4.78 is 6.78. The lowest BCUT2D eigenvalue weighted by Gasteiger charge is -2.35. The van der Waals surface area contributed by atoms with Gasteiger partial charge in [-0.15, -0.1) is 0 Å². The fourth-order valence-corrected chi connectivity index (χ4v) is 4.03. The summed E-state index contributed by atoms with van der Waals surface area (Å²) >= 11 is 0. The lowest BCUT2D eigenvalue weighted by Crippen LogP contribution is -2.50. The Labute approximate surface area is 158 Å². The number of rotatable bonds is 4. The molecule has 7 nitrogen and oxygen atoms in total. The molecule has 1 unspecified atom stereocenters. The van der Waals surface area contributed by atoms with E-state index in [9.17, 15) is 9.59 Å². The molecule has 2 saturated heterocycles. The van der Waals surface area contributed by atoms with E-state index in [2.05, 4.69) is 10.00 Å². The van der Waals surface area contributed by atoms with E-state index in [1.54, 1.807) is 13.1 Å². The normalized spacial score (nSPS) is 21.1. The second-order valence-corrected chi connectivity index (χ2v) is 7.51. The third-order valence-electron chi connectivity index (χ3n) is 5.62. The molecule has 1 amide bonds. The van der Waals surface area contributed by atoms with E-state index >= 15 is 0 Å². The number of carbonyl (C=O) groups excluding carboxylic acids is 1. The molecule has 0 spiro atoms. The number of piperazine rings is 1. The molecule has 0 radical (unpaired) electrons. The van der Waals surface area contributed by atoms with E-state index in [0.717, 1.165) is 57.7 Å². The van der Waals surface area contributed by atoms with Crippen LogP contribution in [0, 0.1) is 5.92 Å². The van der Waals surface area contributed by atoms with Crippen molar-refractivity contribution in [2.45, 2.75) is 12.8 Å². The first-order valence-corrected chi connectivity index (χ1v) is 9.64. The Kier molecular flexibility index (Phi) is 5.22. The molecule has 0 bridgehead atoms. The van der Waals surface area contributed by atoms with Gasteiger partial charge < -0.3 is 9.64 Å². The number of nitrogens with zero attached hydrogens (tertiary/aromatic N) is 4. The number of hydrogen-bond donors (Lipinski definition) is 0. The van der Waals surface area contributed by atoms with Crippen molar-refractivity contribution in [3.63, 3.8) is 0 Å². The Hall–Kier alpha value is -2.25. The zero-order valence-electron chi connectivity index (χ0n) is 15.8. The zero-order chi connectivity index (χ0) is 18.8. The van der Waals surface area contributed by atoms with E-state index in [1.807, 2.05) is 23.1 Å². The first-order valence-electron chi connectivity index (χ1n) is 9.64. The molecule has 1 atom stereocenters. The molecule has 144 valence electrons. The van der Waals surface area contributed by atoms with Crippen LogP contribution in [0.1, 0.15) is 12.1 Å². The van der Waals surface area contributed by atoms with Crippen LogP contribution in [0.5, 0.6) is 0 Å². The second kappa shape index (κ2) is 7.78. The fraction of sp³-hybridized carbons (Fsp3) is 0.550. The molecule has 3 heterocycles. The molecule has 0 saturated carbocycles. The summed E-state index contributed by atoms with van der Waals surface area (Å²) in [6, 6.07) is 7.37. The first-order chi connectivity index (χ1) is 13.1. The highest BCUT2D eigenvalue weighted by Gasteiger charge is 2.25. The summed E-state index contributed by atoms with van der Waals surface area (Å²) in [6.07, 6.45) is 1.37. The van der Waals surface area contributed by atoms with Crippen LogP contribution in [0.15, 0.2) is 29.1 Å². The van der Waals surface area contributed by atoms with Crippen molar-refractivity contribution in [1.82, 2.24) is 19.6 Å². The summed E-state index contributed by atoms with van der Waals surface area (Å²) in [5, 5.41) is 5.74. The highest BCUT2D eigenvalue weighted by atomic mass is 16.5. The van der Waals surface area contributed by atoms with Crippen molar-refractivity contribution in [3.05, 3.63) is 40.3 Å². The van der Waals surface area contributed by atoms with Gasteiger partial charge in [0.1, 0.15) is 0 Å². The van der Waals surface area contributed by atoms with Crippen LogP contribution in [-0.4, -0.2) is 71.4 Å². The molecular formula is C20H26N4O3. The van der Waals surface area contributed by atoms with E-state index < -0.39 is 0 Å². The molecule has 27 heavy (non-hydrogen) atoms. The van der Waals surface area contributed by atoms with Crippen molar-refractivity contribution >= 4 is 16.7 Å². The van der Waals surface area contributed by atoms with E-state index in [1.165, 1.54) is 4.68 Å². The summed E-state index contributed by atoms with van der Waals surface area (Å²) in [5.41, 5.74) is 0.537. The third kappa shape index (κ3) is 3.89. The summed E-state index contributed by atoms with van der Waals surface area (Å²) in [6.45, 7) is 6.11. The van der Waals surface area contributed by atoms with Gasteiger partial charge in [0.2, 0.25) is 5.91 Å². The number of fused-ring (bicyclic) bond motifs is 1. The standard InChI is InChI=1S/C20H26N4O3/c1-22-20(26)17-5-3-2-4-16(17)18(21-22)12-19(25)24-9-7-23(8-10-24)13-15-6-11-27-14-15/h2-5,15H,6-14H2,1H3. The van der Waals surface area contributed by atoms with Crippen LogP contribution in [0.4, 0.5) is 0 Å². The average Bonchev–Trinajstić information content (AvgIpc) is 3.19. The number of amides is 1. The molecule has 2 aliphatic heterocycles. The molecule has 2 aromatic rings. The Morgan fingerprint density at radius 2 is 1.93 bits per heavy atom. The predicted molar refractivity (Wildman–Crippen MR) is 103 cm³/mol. The maximum absolute atomic E-state index is 12.8. The highest BCUT2D eigenvalue weighted by molar-refractivity contribution is 5.88. The molecular weight excluding hydrogens is 344 g/mol. The SMILES string of the molecule is Cn1nc(CC(=O)N2CCN(CC3CCOC3)CC2)c2ccccc2c1=O. The molecule has 1 aromatic carbocycles. The predicted octanol–water partition coefficient (Wildman–Crippen LogP) is 0.657. The number of hydrogen-bond acceptors (Lipinski definition) is 5. The highest BCUT2D eigenvalue weighted by Crippen LogP contribution is 2.17. The molecule has 2 fully saturated rings. The first kappa shape index (κ1) is 18.1. The van der Waals surface area contributed by atoms with Crippen LogP contribution in [0.2, 0.25) is 0 Å². The number of ether oxygens (including phenoxy) is 1. The van der Waals surface area contributed by atoms with Gasteiger partial charge in [-0.3, -0.25) is 14.5 Å². The number of benzene rings is 1. The monoisotopic (exact) mass is 370 g/mol. The Morgan fingerprint density at radius 1 is 1.19 bits per heavy atom. The zero-order valence-corrected chi connectivity index (χ0v) is 15.8. The smallest absolute Gasteiger partial charge is 0.274 e. The van der Waals surface area contributed by atoms with Crippen LogP contribution < -0.4 is 5.56 Å². The molecule has 0 N–H and O–H groups in total. The van der Waals surface area contributed by atoms with E-state index in [4.69, 9.17) is 4.74 Å². The Morgan fingerprint density at radius 3 is 2.63 bits per heavy atom. The summed E-state index contributed by atoms with van der Waals surface area (Å²) in [4.78, 5) is 29.4. The largest absolute Gasteiger partial charge is 0.381 e. The van der Waals surface area contributed by atoms with E-state index in [-0.39, 0.29) is 17.9 Å². The molecule has 7 heteroatoms. The third-order valence-corrected chi connectivity index (χ3v) is 5.62. The van der Waals surface area contributed by atoms with Crippen molar-refractivity contribution in [2.24, 2.45) is 13.0 Å². The average molecular weight is 370 g/mol. The number of carbonyl (C=O) groups is 1. The van der Waals surface area contributed by atoms with E-state index in [0.29, 0.717) is 17.0 Å². The summed E-state index contributed by atoms with van der Waals surface area (Å²) in [7, 11) is 1.63. The van der Waals surface area contributed by atoms with Crippen LogP contribution in [0.25, 0.3) is 10.8 Å². The van der Waals surface area contributed by atoms with Crippen LogP contribution >= 0.6 is 0 Å². The summed E-state index contributed by atoms with van der Waals surface area (Å²) in [5.74, 6) is 0.712. The second-order valence-electron chi connectivity index (χ2n) is 7.51. The minimum atomic E-state index is -0.133. The topological polar surface area (TPSA) is 67.7 Å². The van der Waals surface area contributed by atoms with Gasteiger partial charge in [-0.2, -0.15) is 5.10 Å². The van der Waals surface area contributed by atoms with Crippen LogP contribution in [-0.2, 0) is 23.0 Å². The maximum atomic E-state index is 12.8. The van der Waals surface area contributed by atoms with Gasteiger partial charge in [0.05, 0.1) is 24.1 Å². The van der Waals surface area contributed by atoms with Gasteiger partial charge in [0.15, 0.2) is 0 Å². The van der Waals surface area contributed by atoms with Crippen molar-refractivity contribution in [1.29, 1.82) is 0 Å². The quantitative estimate of drug-likeness (QED) is 0.791. The molecule has 2 aliphatic rings. The van der Waals surface area contributed by atoms with Crippen molar-refractivity contribution in [3.8, 4) is 0 Å². The molecule has 1 aromatic heterocycles. The van der Waals surface area contributed by atoms with Gasteiger partial charge in [0, 0.05) is 51.8 Å². The van der Waals surface area contributed by atoms with Gasteiger partial charge in [-0.05, 0) is 18.4 Å². The van der Waals surface area contributed by atoms with Gasteiger partial charge in [0.25, 0.3) is 5.56 Å². The van der Waals surface area contributed by atoms with Crippen LogP contribution in [0.3, 0.4) is 0 Å². The fourth-order valence-electron chi connectivity index (χ4n) is 4.03. The number of aromatic nitrogens is 2. The van der Waals surface area contributed by atoms with Crippen molar-refractivity contribution in [2.75, 3.05) is 45.9 Å². The minimum absolute atomic E-state index is 0.0788. The lowest BCUT2D eigenvalue weighted by atomic mass is 10.1. The Balaban J connectivity index is 1.41. The minimum Gasteiger partial charge on any atom is -0.381 e. The van der Waals surface area contributed by atoms with Crippen molar-refractivity contribution < 1.29 is 9.53 Å². The van der Waals surface area contributed by atoms with Gasteiger partial charge >= 0.3 is 0 Å². The number of aryl methyl sites for hydroxylation is 1. The Bertz CT molecular complexity index is 880. The van der Waals surface area contributed by atoms with Gasteiger partial charge in [-0.25, -0.2) is 4.68 Å². The molecule has 4 rings (SSSR count). The van der Waals surface area contributed by atoms with Gasteiger partial charge in [-0.1, -0.05) is 18.2 Å².